The van der Waals surface area contributed by atoms with Gasteiger partial charge in [-0.05, 0) is 0 Å². The Morgan fingerprint density at radius 2 is 2.40 bits per heavy atom. The molecule has 10 heavy (non-hydrogen) atoms. The van der Waals surface area contributed by atoms with Crippen LogP contribution in [0.1, 0.15) is 19.8 Å². The second-order valence-corrected chi connectivity index (χ2v) is 2.61. The largest absolute Gasteiger partial charge is 0.623 e. The van der Waals surface area contributed by atoms with E-state index in [9.17, 15) is 15.1 Å². The highest BCUT2D eigenvalue weighted by molar-refractivity contribution is 5.77. The van der Waals surface area contributed by atoms with Crippen LogP contribution < -0.4 is 5.11 Å². The third kappa shape index (κ3) is 0.761. The predicted octanol–water partition coefficient (Wildman–Crippen LogP) is -1.13. The van der Waals surface area contributed by atoms with Crippen molar-refractivity contribution in [3.8, 4) is 0 Å². The average Bonchev–Trinajstić information content (AvgIpc) is 2.15. The van der Waals surface area contributed by atoms with Gasteiger partial charge in [0.05, 0.1) is 0 Å². The van der Waals surface area contributed by atoms with Crippen LogP contribution >= 0.6 is 0 Å². The molecule has 1 aliphatic heterocycles. The number of hydroxylamine groups is 1. The molecule has 1 aliphatic rings. The van der Waals surface area contributed by atoms with Gasteiger partial charge in [-0.15, -0.1) is 0 Å². The summed E-state index contributed by atoms with van der Waals surface area (Å²) in [6, 6.07) is 0. The Morgan fingerprint density at radius 1 is 1.80 bits per heavy atom. The summed E-state index contributed by atoms with van der Waals surface area (Å²) in [5.41, 5.74) is -1.32. The van der Waals surface area contributed by atoms with Gasteiger partial charge in [0.25, 0.3) is 0 Å². The van der Waals surface area contributed by atoms with Crippen LogP contribution in [0.15, 0.2) is 0 Å². The summed E-state index contributed by atoms with van der Waals surface area (Å²) >= 11 is 0. The molecule has 0 aromatic heterocycles. The fourth-order valence-corrected chi connectivity index (χ4v) is 0.967. The van der Waals surface area contributed by atoms with Gasteiger partial charge in [0.1, 0.15) is 5.97 Å². The van der Waals surface area contributed by atoms with Crippen LogP contribution in [0.4, 0.5) is 0 Å². The molecule has 0 fully saturated rings. The normalized spacial score (nSPS) is 31.9. The molecule has 1 unspecified atom stereocenters. The van der Waals surface area contributed by atoms with Crippen molar-refractivity contribution in [2.75, 3.05) is 0 Å². The summed E-state index contributed by atoms with van der Waals surface area (Å²) in [6.07, 6.45) is 2.20. The lowest BCUT2D eigenvalue weighted by atomic mass is 10.0. The van der Waals surface area contributed by atoms with Gasteiger partial charge < -0.3 is 15.1 Å². The van der Waals surface area contributed by atoms with Crippen molar-refractivity contribution in [3.63, 3.8) is 0 Å². The fourth-order valence-electron chi connectivity index (χ4n) is 0.967. The molecule has 0 aliphatic carbocycles. The second kappa shape index (κ2) is 1.97. The molecule has 0 bridgehead atoms. The molecule has 1 heterocycles. The Morgan fingerprint density at radius 3 is 2.60 bits per heavy atom. The Bertz CT molecular complexity index is 199. The molecule has 0 saturated heterocycles. The highest BCUT2D eigenvalue weighted by Crippen LogP contribution is 2.19. The molecule has 0 radical (unpaired) electrons. The first kappa shape index (κ1) is 7.05. The van der Waals surface area contributed by atoms with Crippen LogP contribution in [0, 0.1) is 5.21 Å². The molecule has 4 heteroatoms. The first-order valence-corrected chi connectivity index (χ1v) is 3.08. The van der Waals surface area contributed by atoms with Gasteiger partial charge in [0.2, 0.25) is 5.54 Å². The molecule has 56 valence electrons. The van der Waals surface area contributed by atoms with Gasteiger partial charge in [-0.1, -0.05) is 0 Å². The van der Waals surface area contributed by atoms with Crippen molar-refractivity contribution in [1.82, 2.24) is 0 Å². The van der Waals surface area contributed by atoms with E-state index >= 15 is 0 Å². The van der Waals surface area contributed by atoms with Crippen LogP contribution in [0.25, 0.3) is 0 Å². The lowest BCUT2D eigenvalue weighted by Crippen LogP contribution is -2.50. The molecular weight excluding hydrogens is 134 g/mol. The molecule has 1 atom stereocenters. The number of carboxylic acids is 1. The van der Waals surface area contributed by atoms with Crippen molar-refractivity contribution in [2.45, 2.75) is 25.3 Å². The number of aliphatic carboxylic acids is 1. The Hall–Kier alpha value is -1.06. The smallest absolute Gasteiger partial charge is 0.209 e. The predicted molar refractivity (Wildman–Crippen MR) is 32.3 cm³/mol. The third-order valence-electron chi connectivity index (χ3n) is 1.85. The van der Waals surface area contributed by atoms with Crippen molar-refractivity contribution >= 4 is 12.2 Å². The minimum absolute atomic E-state index is 0.346. The SMILES string of the molecule is CC1(C(=O)[O-])CCC=[N+]1[O-]. The molecule has 0 spiro atoms. The number of carbonyl (C=O) groups is 1. The Labute approximate surface area is 58.4 Å². The molecule has 1 rings (SSSR count). The summed E-state index contributed by atoms with van der Waals surface area (Å²) in [6.45, 7) is 1.37. The minimum atomic E-state index is -1.32. The van der Waals surface area contributed by atoms with Crippen LogP contribution in [0.3, 0.4) is 0 Å². The monoisotopic (exact) mass is 142 g/mol. The number of carbonyl (C=O) groups excluding carboxylic acids is 1. The zero-order valence-electron chi connectivity index (χ0n) is 5.66. The van der Waals surface area contributed by atoms with E-state index in [-0.39, 0.29) is 0 Å². The summed E-state index contributed by atoms with van der Waals surface area (Å²) < 4.78 is 0.461. The van der Waals surface area contributed by atoms with Crippen molar-refractivity contribution in [2.24, 2.45) is 0 Å². The number of rotatable bonds is 1. The lowest BCUT2D eigenvalue weighted by molar-refractivity contribution is -0.533. The maximum absolute atomic E-state index is 10.8. The zero-order valence-corrected chi connectivity index (χ0v) is 5.66. The van der Waals surface area contributed by atoms with E-state index in [4.69, 9.17) is 0 Å². The highest BCUT2D eigenvalue weighted by Gasteiger charge is 2.38. The van der Waals surface area contributed by atoms with Crippen molar-refractivity contribution < 1.29 is 14.6 Å². The van der Waals surface area contributed by atoms with Crippen LogP contribution in [0.2, 0.25) is 0 Å². The summed E-state index contributed by atoms with van der Waals surface area (Å²) in [5, 5.41) is 21.1. The Kier molecular flexibility index (Phi) is 1.39. The topological polar surface area (TPSA) is 66.2 Å². The van der Waals surface area contributed by atoms with Gasteiger partial charge in [-0.3, -0.25) is 0 Å². The van der Waals surface area contributed by atoms with E-state index in [0.29, 0.717) is 17.6 Å². The van der Waals surface area contributed by atoms with Gasteiger partial charge in [0, 0.05) is 19.8 Å². The zero-order chi connectivity index (χ0) is 7.78. The number of carboxylic acid groups (broad SMARTS) is 1. The fraction of sp³-hybridized carbons (Fsp3) is 0.667. The summed E-state index contributed by atoms with van der Waals surface area (Å²) in [4.78, 5) is 10.4. The first-order chi connectivity index (χ1) is 4.57. The van der Waals surface area contributed by atoms with Gasteiger partial charge >= 0.3 is 0 Å². The highest BCUT2D eigenvalue weighted by atomic mass is 16.5. The quantitative estimate of drug-likeness (QED) is 0.343. The maximum Gasteiger partial charge on any atom is 0.209 e. The van der Waals surface area contributed by atoms with E-state index in [1.54, 1.807) is 0 Å². The lowest BCUT2D eigenvalue weighted by Gasteiger charge is -2.23. The standard InChI is InChI=1S/C6H9NO3/c1-6(5(8)9)3-2-4-7(6)10/h4H,2-3H2,1H3,(H,8,9)/p-1. The van der Waals surface area contributed by atoms with Crippen LogP contribution in [0.5, 0.6) is 0 Å². The molecule has 0 amide bonds. The van der Waals surface area contributed by atoms with E-state index in [2.05, 4.69) is 0 Å². The molecular formula is C6H8NO3-. The third-order valence-corrected chi connectivity index (χ3v) is 1.85. The number of hydrogen-bond donors (Lipinski definition) is 0. The molecule has 0 N–H and O–H groups in total. The molecule has 0 saturated carbocycles. The number of hydrogen-bond acceptors (Lipinski definition) is 3. The van der Waals surface area contributed by atoms with E-state index in [0.717, 1.165) is 0 Å². The molecule has 0 aromatic carbocycles. The van der Waals surface area contributed by atoms with Gasteiger partial charge in [-0.2, -0.15) is 0 Å². The maximum atomic E-state index is 10.8. The Balaban J connectivity index is 2.89. The van der Waals surface area contributed by atoms with E-state index in [1.165, 1.54) is 13.1 Å². The van der Waals surface area contributed by atoms with Gasteiger partial charge in [-0.25, -0.2) is 4.74 Å². The molecule has 0 aromatic rings. The van der Waals surface area contributed by atoms with Crippen molar-refractivity contribution in [3.05, 3.63) is 5.21 Å². The van der Waals surface area contributed by atoms with Crippen molar-refractivity contribution in [1.29, 1.82) is 0 Å². The van der Waals surface area contributed by atoms with E-state index < -0.39 is 11.5 Å². The summed E-state index contributed by atoms with van der Waals surface area (Å²) in [7, 11) is 0. The first-order valence-electron chi connectivity index (χ1n) is 3.08. The van der Waals surface area contributed by atoms with E-state index in [1.807, 2.05) is 0 Å². The minimum Gasteiger partial charge on any atom is -0.623 e. The van der Waals surface area contributed by atoms with Crippen LogP contribution in [-0.2, 0) is 4.79 Å². The van der Waals surface area contributed by atoms with Crippen LogP contribution in [-0.4, -0.2) is 22.5 Å². The average molecular weight is 142 g/mol. The number of nitrogens with zero attached hydrogens (tertiary/aromatic N) is 1. The molecule has 4 nitrogen and oxygen atoms in total. The summed E-state index contributed by atoms with van der Waals surface area (Å²) in [5.74, 6) is -1.30. The van der Waals surface area contributed by atoms with Gasteiger partial charge in [0.15, 0.2) is 6.21 Å². The second-order valence-electron chi connectivity index (χ2n) is 2.61.